The lowest BCUT2D eigenvalue weighted by Gasteiger charge is -2.45. The Morgan fingerprint density at radius 1 is 1.40 bits per heavy atom. The second-order valence-electron chi connectivity index (χ2n) is 6.91. The number of ether oxygens (including phenoxy) is 1. The van der Waals surface area contributed by atoms with Crippen molar-refractivity contribution in [3.05, 3.63) is 23.3 Å². The number of allylic oxidation sites excluding steroid dienone is 2. The number of carbonyl (C=O) groups excluding carboxylic acids is 1. The Kier molecular flexibility index (Phi) is 4.26. The van der Waals surface area contributed by atoms with Gasteiger partial charge in [0, 0.05) is 6.04 Å². The first kappa shape index (κ1) is 15.1. The molecule has 0 N–H and O–H groups in total. The highest BCUT2D eigenvalue weighted by Crippen LogP contribution is 2.36. The Balaban J connectivity index is 2.20. The van der Waals surface area contributed by atoms with Crippen LogP contribution in [0.2, 0.25) is 0 Å². The van der Waals surface area contributed by atoms with Crippen molar-refractivity contribution in [2.45, 2.75) is 78.0 Å². The molecule has 0 saturated carbocycles. The number of carbonyl (C=O) groups is 1. The fourth-order valence-corrected chi connectivity index (χ4v) is 3.11. The van der Waals surface area contributed by atoms with Crippen LogP contribution in [0.5, 0.6) is 0 Å². The van der Waals surface area contributed by atoms with Crippen molar-refractivity contribution in [2.75, 3.05) is 0 Å². The summed E-state index contributed by atoms with van der Waals surface area (Å²) in [6, 6.07) is 0.515. The Morgan fingerprint density at radius 3 is 2.65 bits per heavy atom. The number of rotatable bonds is 1. The van der Waals surface area contributed by atoms with Crippen LogP contribution in [0, 0.1) is 0 Å². The maximum Gasteiger partial charge on any atom is 0.411 e. The fourth-order valence-electron chi connectivity index (χ4n) is 3.11. The van der Waals surface area contributed by atoms with E-state index < -0.39 is 5.60 Å². The van der Waals surface area contributed by atoms with Gasteiger partial charge in [-0.1, -0.05) is 17.7 Å². The van der Waals surface area contributed by atoms with Crippen molar-refractivity contribution in [3.8, 4) is 0 Å². The molecule has 2 bridgehead atoms. The molecule has 0 aromatic heterocycles. The second-order valence-corrected chi connectivity index (χ2v) is 6.91. The van der Waals surface area contributed by atoms with E-state index in [9.17, 15) is 4.79 Å². The van der Waals surface area contributed by atoms with Crippen molar-refractivity contribution < 1.29 is 9.53 Å². The quantitative estimate of drug-likeness (QED) is 0.709. The van der Waals surface area contributed by atoms with Gasteiger partial charge in [-0.3, -0.25) is 4.90 Å². The molecule has 0 spiro atoms. The van der Waals surface area contributed by atoms with Gasteiger partial charge in [0.25, 0.3) is 0 Å². The number of piperidine rings is 1. The predicted octanol–water partition coefficient (Wildman–Crippen LogP) is 4.44. The fraction of sp³-hybridized carbons (Fsp3) is 0.706. The normalized spacial score (nSPS) is 27.1. The SMILES string of the molecule is CC=C(C)C1=CC2CCCC(C1)N2C(=O)OC(C)(C)C. The zero-order chi connectivity index (χ0) is 14.9. The van der Waals surface area contributed by atoms with Crippen LogP contribution >= 0.6 is 0 Å². The summed E-state index contributed by atoms with van der Waals surface area (Å²) in [6.45, 7) is 10.0. The molecular weight excluding hydrogens is 250 g/mol. The first-order valence-electron chi connectivity index (χ1n) is 7.67. The molecular formula is C17H27NO2. The molecule has 1 saturated heterocycles. The summed E-state index contributed by atoms with van der Waals surface area (Å²) in [5.41, 5.74) is 2.32. The molecule has 2 aliphatic rings. The monoisotopic (exact) mass is 277 g/mol. The molecule has 2 rings (SSSR count). The van der Waals surface area contributed by atoms with E-state index in [4.69, 9.17) is 4.74 Å². The number of fused-ring (bicyclic) bond motifs is 2. The van der Waals surface area contributed by atoms with E-state index in [2.05, 4.69) is 26.0 Å². The molecule has 2 unspecified atom stereocenters. The Bertz CT molecular complexity index is 442. The molecule has 0 aromatic carbocycles. The van der Waals surface area contributed by atoms with Crippen molar-refractivity contribution in [3.63, 3.8) is 0 Å². The number of hydrogen-bond acceptors (Lipinski definition) is 2. The summed E-state index contributed by atoms with van der Waals surface area (Å²) in [6.07, 6.45) is 8.58. The summed E-state index contributed by atoms with van der Waals surface area (Å²) < 4.78 is 5.58. The zero-order valence-corrected chi connectivity index (χ0v) is 13.4. The first-order chi connectivity index (χ1) is 9.31. The highest BCUT2D eigenvalue weighted by Gasteiger charge is 2.39. The van der Waals surface area contributed by atoms with Crippen molar-refractivity contribution in [1.29, 1.82) is 0 Å². The zero-order valence-electron chi connectivity index (χ0n) is 13.4. The molecule has 0 aliphatic carbocycles. The van der Waals surface area contributed by atoms with Gasteiger partial charge in [-0.2, -0.15) is 0 Å². The van der Waals surface area contributed by atoms with E-state index in [1.54, 1.807) is 0 Å². The predicted molar refractivity (Wildman–Crippen MR) is 81.6 cm³/mol. The molecule has 3 nitrogen and oxygen atoms in total. The summed E-state index contributed by atoms with van der Waals surface area (Å²) in [4.78, 5) is 14.4. The second kappa shape index (κ2) is 5.63. The maximum atomic E-state index is 12.4. The Hall–Kier alpha value is -1.25. The Morgan fingerprint density at radius 2 is 2.10 bits per heavy atom. The van der Waals surface area contributed by atoms with E-state index in [0.29, 0.717) is 6.04 Å². The topological polar surface area (TPSA) is 29.5 Å². The highest BCUT2D eigenvalue weighted by atomic mass is 16.6. The lowest BCUT2D eigenvalue weighted by molar-refractivity contribution is -0.00123. The van der Waals surface area contributed by atoms with Gasteiger partial charge in [0.05, 0.1) is 6.04 Å². The molecule has 2 atom stereocenters. The Labute approximate surface area is 122 Å². The standard InChI is InChI=1S/C17H27NO2/c1-6-12(2)13-10-14-8-7-9-15(11-13)18(14)16(19)20-17(3,4)5/h6,10,14-15H,7-9,11H2,1-5H3. The molecule has 112 valence electrons. The van der Waals surface area contributed by atoms with Gasteiger partial charge in [0.2, 0.25) is 0 Å². The van der Waals surface area contributed by atoms with E-state index in [1.807, 2.05) is 25.7 Å². The van der Waals surface area contributed by atoms with Gasteiger partial charge in [-0.05, 0) is 65.9 Å². The molecule has 2 aliphatic heterocycles. The van der Waals surface area contributed by atoms with Crippen molar-refractivity contribution >= 4 is 6.09 Å². The third kappa shape index (κ3) is 3.25. The first-order valence-corrected chi connectivity index (χ1v) is 7.67. The lowest BCUT2D eigenvalue weighted by atomic mass is 9.83. The molecule has 1 fully saturated rings. The van der Waals surface area contributed by atoms with Crippen LogP contribution in [0.25, 0.3) is 0 Å². The minimum absolute atomic E-state index is 0.152. The van der Waals surface area contributed by atoms with Crippen molar-refractivity contribution in [1.82, 2.24) is 4.90 Å². The molecule has 2 heterocycles. The molecule has 1 amide bonds. The average molecular weight is 277 g/mol. The minimum atomic E-state index is -0.422. The van der Waals surface area contributed by atoms with E-state index in [0.717, 1.165) is 19.3 Å². The van der Waals surface area contributed by atoms with E-state index in [-0.39, 0.29) is 12.1 Å². The van der Waals surface area contributed by atoms with Gasteiger partial charge >= 0.3 is 6.09 Å². The van der Waals surface area contributed by atoms with Crippen molar-refractivity contribution in [2.24, 2.45) is 0 Å². The molecule has 0 radical (unpaired) electrons. The van der Waals surface area contributed by atoms with Crippen LogP contribution in [-0.4, -0.2) is 28.7 Å². The smallest absolute Gasteiger partial charge is 0.411 e. The average Bonchev–Trinajstić information content (AvgIpc) is 2.34. The summed E-state index contributed by atoms with van der Waals surface area (Å²) in [7, 11) is 0. The van der Waals surface area contributed by atoms with Crippen LogP contribution in [0.1, 0.15) is 60.3 Å². The third-order valence-electron chi connectivity index (χ3n) is 4.18. The van der Waals surface area contributed by atoms with Crippen LogP contribution < -0.4 is 0 Å². The maximum absolute atomic E-state index is 12.4. The number of hydrogen-bond donors (Lipinski definition) is 0. The summed E-state index contributed by atoms with van der Waals surface area (Å²) >= 11 is 0. The molecule has 3 heteroatoms. The van der Waals surface area contributed by atoms with Gasteiger partial charge in [0.1, 0.15) is 5.60 Å². The van der Waals surface area contributed by atoms with E-state index >= 15 is 0 Å². The van der Waals surface area contributed by atoms with Gasteiger partial charge in [-0.15, -0.1) is 0 Å². The van der Waals surface area contributed by atoms with Crippen LogP contribution in [0.3, 0.4) is 0 Å². The summed E-state index contributed by atoms with van der Waals surface area (Å²) in [5.74, 6) is 0. The van der Waals surface area contributed by atoms with E-state index in [1.165, 1.54) is 17.6 Å². The van der Waals surface area contributed by atoms with Gasteiger partial charge in [-0.25, -0.2) is 4.79 Å². The number of nitrogens with zero attached hydrogens (tertiary/aromatic N) is 1. The van der Waals surface area contributed by atoms with Crippen LogP contribution in [0.15, 0.2) is 23.3 Å². The summed E-state index contributed by atoms with van der Waals surface area (Å²) in [5, 5.41) is 0. The number of amides is 1. The van der Waals surface area contributed by atoms with Gasteiger partial charge < -0.3 is 4.74 Å². The minimum Gasteiger partial charge on any atom is -0.444 e. The molecule has 0 aromatic rings. The van der Waals surface area contributed by atoms with Crippen LogP contribution in [-0.2, 0) is 4.74 Å². The van der Waals surface area contributed by atoms with Gasteiger partial charge in [0.15, 0.2) is 0 Å². The van der Waals surface area contributed by atoms with Crippen LogP contribution in [0.4, 0.5) is 4.79 Å². The third-order valence-corrected chi connectivity index (χ3v) is 4.18. The highest BCUT2D eigenvalue weighted by molar-refractivity contribution is 5.70. The molecule has 20 heavy (non-hydrogen) atoms. The lowest BCUT2D eigenvalue weighted by Crippen LogP contribution is -2.53. The largest absolute Gasteiger partial charge is 0.444 e.